The predicted molar refractivity (Wildman–Crippen MR) is 73.2 cm³/mol. The number of nitrogens with zero attached hydrogens (tertiary/aromatic N) is 1. The van der Waals surface area contributed by atoms with Gasteiger partial charge in [0.1, 0.15) is 5.82 Å². The quantitative estimate of drug-likeness (QED) is 0.886. The minimum Gasteiger partial charge on any atom is -0.335 e. The Morgan fingerprint density at radius 2 is 2.11 bits per heavy atom. The topological polar surface area (TPSA) is 32.3 Å². The molecule has 2 atom stereocenters. The normalized spacial score (nSPS) is 20.9. The second-order valence-electron chi connectivity index (χ2n) is 5.05. The monoisotopic (exact) mass is 264 g/mol. The number of halogens is 1. The second kappa shape index (κ2) is 6.15. The van der Waals surface area contributed by atoms with E-state index in [0.29, 0.717) is 0 Å². The Morgan fingerprint density at radius 1 is 1.42 bits per heavy atom. The minimum atomic E-state index is -0.244. The Morgan fingerprint density at radius 3 is 2.74 bits per heavy atom. The lowest BCUT2D eigenvalue weighted by Gasteiger charge is -2.25. The lowest BCUT2D eigenvalue weighted by Crippen LogP contribution is -2.39. The van der Waals surface area contributed by atoms with Gasteiger partial charge in [-0.3, -0.25) is 4.79 Å². The number of hydrogen-bond acceptors (Lipinski definition) is 2. The van der Waals surface area contributed by atoms with Crippen LogP contribution in [0, 0.1) is 5.82 Å². The van der Waals surface area contributed by atoms with Crippen molar-refractivity contribution in [2.75, 3.05) is 13.1 Å². The third-order valence-corrected chi connectivity index (χ3v) is 3.70. The van der Waals surface area contributed by atoms with Crippen LogP contribution in [-0.4, -0.2) is 29.9 Å². The van der Waals surface area contributed by atoms with Crippen LogP contribution in [0.1, 0.15) is 38.3 Å². The zero-order valence-electron chi connectivity index (χ0n) is 11.5. The van der Waals surface area contributed by atoms with Gasteiger partial charge >= 0.3 is 0 Å². The van der Waals surface area contributed by atoms with E-state index in [0.717, 1.165) is 31.5 Å². The van der Waals surface area contributed by atoms with Gasteiger partial charge in [0.15, 0.2) is 0 Å². The van der Waals surface area contributed by atoms with Crippen LogP contribution >= 0.6 is 0 Å². The Bertz CT molecular complexity index is 432. The van der Waals surface area contributed by atoms with Gasteiger partial charge in [-0.15, -0.1) is 0 Å². The molecule has 1 aromatic carbocycles. The molecular weight excluding hydrogens is 243 g/mol. The van der Waals surface area contributed by atoms with Gasteiger partial charge in [-0.25, -0.2) is 4.39 Å². The number of likely N-dealkylation sites (tertiary alicyclic amines) is 1. The molecule has 1 amide bonds. The number of rotatable bonds is 5. The molecule has 0 aliphatic carbocycles. The largest absolute Gasteiger partial charge is 0.335 e. The molecule has 1 fully saturated rings. The van der Waals surface area contributed by atoms with Crippen molar-refractivity contribution >= 4 is 5.91 Å². The van der Waals surface area contributed by atoms with Crippen molar-refractivity contribution in [1.82, 2.24) is 10.2 Å². The summed E-state index contributed by atoms with van der Waals surface area (Å²) in [6.07, 6.45) is 1.88. The van der Waals surface area contributed by atoms with E-state index in [4.69, 9.17) is 0 Å². The van der Waals surface area contributed by atoms with Crippen molar-refractivity contribution in [2.24, 2.45) is 0 Å². The van der Waals surface area contributed by atoms with Gasteiger partial charge in [0.05, 0.1) is 12.1 Å². The number of carbonyl (C=O) groups is 1. The van der Waals surface area contributed by atoms with Crippen molar-refractivity contribution in [2.45, 2.75) is 38.8 Å². The third-order valence-electron chi connectivity index (χ3n) is 3.70. The molecule has 104 valence electrons. The highest BCUT2D eigenvalue weighted by Gasteiger charge is 2.34. The van der Waals surface area contributed by atoms with Crippen molar-refractivity contribution in [3.63, 3.8) is 0 Å². The first kappa shape index (κ1) is 14.0. The number of hydrogen-bond donors (Lipinski definition) is 1. The molecule has 3 nitrogen and oxygen atoms in total. The molecule has 0 aromatic heterocycles. The van der Waals surface area contributed by atoms with E-state index in [1.54, 1.807) is 12.1 Å². The van der Waals surface area contributed by atoms with Gasteiger partial charge in [-0.05, 0) is 44.0 Å². The number of benzene rings is 1. The maximum absolute atomic E-state index is 12.9. The molecule has 2 unspecified atom stereocenters. The van der Waals surface area contributed by atoms with Crippen molar-refractivity contribution < 1.29 is 9.18 Å². The number of carbonyl (C=O) groups excluding carboxylic acids is 1. The summed E-state index contributed by atoms with van der Waals surface area (Å²) in [5, 5.41) is 3.28. The van der Waals surface area contributed by atoms with E-state index in [2.05, 4.69) is 12.2 Å². The highest BCUT2D eigenvalue weighted by molar-refractivity contribution is 5.84. The Balaban J connectivity index is 2.02. The van der Waals surface area contributed by atoms with Crippen LogP contribution in [0.5, 0.6) is 0 Å². The van der Waals surface area contributed by atoms with E-state index in [9.17, 15) is 9.18 Å². The molecule has 1 N–H and O–H groups in total. The third kappa shape index (κ3) is 3.13. The van der Waals surface area contributed by atoms with Gasteiger partial charge in [-0.2, -0.15) is 0 Å². The fourth-order valence-corrected chi connectivity index (χ4v) is 2.52. The summed E-state index contributed by atoms with van der Waals surface area (Å²) in [4.78, 5) is 14.2. The summed E-state index contributed by atoms with van der Waals surface area (Å²) in [6, 6.07) is 6.34. The molecular formula is C15H21FN2O. The zero-order valence-corrected chi connectivity index (χ0v) is 11.5. The highest BCUT2D eigenvalue weighted by Crippen LogP contribution is 2.25. The van der Waals surface area contributed by atoms with E-state index in [1.807, 2.05) is 11.8 Å². The standard InChI is InChI=1S/C15H21FN2O/c1-3-9-17-14-8-10-18(15(14)19)11(2)12-4-6-13(16)7-5-12/h4-7,11,14,17H,3,8-10H2,1-2H3. The first-order valence-corrected chi connectivity index (χ1v) is 6.92. The van der Waals surface area contributed by atoms with Gasteiger partial charge in [-0.1, -0.05) is 19.1 Å². The summed E-state index contributed by atoms with van der Waals surface area (Å²) < 4.78 is 12.9. The van der Waals surface area contributed by atoms with E-state index < -0.39 is 0 Å². The fraction of sp³-hybridized carbons (Fsp3) is 0.533. The molecule has 1 aliphatic heterocycles. The minimum absolute atomic E-state index is 0.00141. The van der Waals surface area contributed by atoms with Crippen molar-refractivity contribution in [1.29, 1.82) is 0 Å². The van der Waals surface area contributed by atoms with Crippen LogP contribution in [0.3, 0.4) is 0 Å². The number of nitrogens with one attached hydrogen (secondary N) is 1. The van der Waals surface area contributed by atoms with E-state index >= 15 is 0 Å². The van der Waals surface area contributed by atoms with E-state index in [1.165, 1.54) is 12.1 Å². The zero-order chi connectivity index (χ0) is 13.8. The first-order chi connectivity index (χ1) is 9.13. The average Bonchev–Trinajstić information content (AvgIpc) is 2.78. The Labute approximate surface area is 113 Å². The molecule has 0 bridgehead atoms. The second-order valence-corrected chi connectivity index (χ2v) is 5.05. The average molecular weight is 264 g/mol. The first-order valence-electron chi connectivity index (χ1n) is 6.92. The highest BCUT2D eigenvalue weighted by atomic mass is 19.1. The summed E-state index contributed by atoms with van der Waals surface area (Å²) in [5.74, 6) is -0.0866. The molecule has 0 radical (unpaired) electrons. The molecule has 2 rings (SSSR count). The summed E-state index contributed by atoms with van der Waals surface area (Å²) in [5.41, 5.74) is 0.978. The lowest BCUT2D eigenvalue weighted by molar-refractivity contribution is -0.131. The van der Waals surface area contributed by atoms with Gasteiger partial charge in [0.2, 0.25) is 5.91 Å². The van der Waals surface area contributed by atoms with Crippen LogP contribution in [0.4, 0.5) is 4.39 Å². The molecule has 19 heavy (non-hydrogen) atoms. The maximum atomic E-state index is 12.9. The van der Waals surface area contributed by atoms with Crippen molar-refractivity contribution in [3.05, 3.63) is 35.6 Å². The summed E-state index contributed by atoms with van der Waals surface area (Å²) >= 11 is 0. The summed E-state index contributed by atoms with van der Waals surface area (Å²) in [6.45, 7) is 5.71. The SMILES string of the molecule is CCCNC1CCN(C(C)c2ccc(F)cc2)C1=O. The maximum Gasteiger partial charge on any atom is 0.240 e. The predicted octanol–water partition coefficient (Wildman–Crippen LogP) is 2.49. The lowest BCUT2D eigenvalue weighted by atomic mass is 10.1. The number of amides is 1. The molecule has 0 spiro atoms. The van der Waals surface area contributed by atoms with Crippen LogP contribution in [0.2, 0.25) is 0 Å². The molecule has 0 saturated carbocycles. The van der Waals surface area contributed by atoms with E-state index in [-0.39, 0.29) is 23.8 Å². The molecule has 1 aromatic rings. The van der Waals surface area contributed by atoms with Crippen LogP contribution < -0.4 is 5.32 Å². The fourth-order valence-electron chi connectivity index (χ4n) is 2.52. The van der Waals surface area contributed by atoms with Gasteiger partial charge in [0.25, 0.3) is 0 Å². The Kier molecular flexibility index (Phi) is 4.53. The molecule has 1 aliphatic rings. The van der Waals surface area contributed by atoms with Crippen LogP contribution in [0.15, 0.2) is 24.3 Å². The van der Waals surface area contributed by atoms with Crippen LogP contribution in [-0.2, 0) is 4.79 Å². The van der Waals surface area contributed by atoms with Crippen LogP contribution in [0.25, 0.3) is 0 Å². The smallest absolute Gasteiger partial charge is 0.240 e. The van der Waals surface area contributed by atoms with Gasteiger partial charge in [0, 0.05) is 6.54 Å². The Hall–Kier alpha value is -1.42. The van der Waals surface area contributed by atoms with Gasteiger partial charge < -0.3 is 10.2 Å². The molecule has 1 saturated heterocycles. The summed E-state index contributed by atoms with van der Waals surface area (Å²) in [7, 11) is 0. The van der Waals surface area contributed by atoms with Crippen molar-refractivity contribution in [3.8, 4) is 0 Å². The molecule has 4 heteroatoms. The molecule has 1 heterocycles.